The predicted octanol–water partition coefficient (Wildman–Crippen LogP) is 2.19. The van der Waals surface area contributed by atoms with Crippen molar-refractivity contribution in [3.8, 4) is 0 Å². The van der Waals surface area contributed by atoms with Crippen molar-refractivity contribution in [2.24, 2.45) is 16.3 Å². The van der Waals surface area contributed by atoms with Crippen LogP contribution < -0.4 is 5.32 Å². The fraction of sp³-hybridized carbons (Fsp3) is 0.889. The first-order chi connectivity index (χ1) is 11.5. The number of amides is 1. The van der Waals surface area contributed by atoms with Gasteiger partial charge in [0.15, 0.2) is 5.96 Å². The van der Waals surface area contributed by atoms with Gasteiger partial charge in [0.2, 0.25) is 5.91 Å². The number of carbonyl (C=O) groups excluding carboxylic acids is 1. The smallest absolute Gasteiger partial charge is 0.230 e. The zero-order chi connectivity index (χ0) is 17.6. The Bertz CT molecular complexity index is 444. The van der Waals surface area contributed by atoms with E-state index in [0.29, 0.717) is 12.5 Å². The van der Waals surface area contributed by atoms with Gasteiger partial charge in [-0.25, -0.2) is 0 Å². The highest BCUT2D eigenvalue weighted by Gasteiger charge is 2.42. The molecule has 1 aliphatic heterocycles. The quantitative estimate of drug-likeness (QED) is 0.371. The number of hydrogen-bond acceptors (Lipinski definition) is 3. The lowest BCUT2D eigenvalue weighted by Gasteiger charge is -2.30. The number of rotatable bonds is 6. The highest BCUT2D eigenvalue weighted by molar-refractivity contribution is 14.0. The maximum atomic E-state index is 12.7. The van der Waals surface area contributed by atoms with E-state index in [9.17, 15) is 4.79 Å². The molecule has 1 atom stereocenters. The molecule has 1 saturated carbocycles. The number of ether oxygens (including phenoxy) is 1. The number of nitrogens with one attached hydrogen (secondary N) is 1. The van der Waals surface area contributed by atoms with Crippen LogP contribution in [0.2, 0.25) is 0 Å². The lowest BCUT2D eigenvalue weighted by atomic mass is 9.85. The third kappa shape index (κ3) is 5.98. The Kier molecular flexibility index (Phi) is 9.48. The molecule has 0 bridgehead atoms. The van der Waals surface area contributed by atoms with Crippen molar-refractivity contribution < 1.29 is 9.53 Å². The Labute approximate surface area is 169 Å². The molecule has 0 aromatic carbocycles. The summed E-state index contributed by atoms with van der Waals surface area (Å²) in [4.78, 5) is 21.5. The molecule has 1 heterocycles. The van der Waals surface area contributed by atoms with Gasteiger partial charge in [-0.15, -0.1) is 24.0 Å². The molecule has 0 aromatic heterocycles. The zero-order valence-electron chi connectivity index (χ0n) is 16.2. The minimum absolute atomic E-state index is 0. The maximum Gasteiger partial charge on any atom is 0.230 e. The fourth-order valence-corrected chi connectivity index (χ4v) is 3.86. The lowest BCUT2D eigenvalue weighted by molar-refractivity contribution is -0.138. The number of halogens is 1. The van der Waals surface area contributed by atoms with E-state index in [1.165, 1.54) is 0 Å². The molecule has 1 N–H and O–H groups in total. The van der Waals surface area contributed by atoms with Gasteiger partial charge in [-0.3, -0.25) is 9.79 Å². The van der Waals surface area contributed by atoms with Crippen molar-refractivity contribution in [2.75, 3.05) is 54.0 Å². The second-order valence-corrected chi connectivity index (χ2v) is 7.47. The Balaban J connectivity index is 0.00000312. The van der Waals surface area contributed by atoms with E-state index in [4.69, 9.17) is 9.73 Å². The Morgan fingerprint density at radius 3 is 2.48 bits per heavy atom. The molecule has 2 rings (SSSR count). The van der Waals surface area contributed by atoms with E-state index in [1.54, 1.807) is 4.90 Å². The molecular weight excluding hydrogens is 431 g/mol. The SMILES string of the molecule is CCNC(=NCC1(C(=O)N(C)C)CCCC1)N(C)CC1CCOC1.I. The summed E-state index contributed by atoms with van der Waals surface area (Å²) in [5, 5.41) is 3.38. The maximum absolute atomic E-state index is 12.7. The molecule has 0 radical (unpaired) electrons. The Hall–Kier alpha value is -0.570. The lowest BCUT2D eigenvalue weighted by Crippen LogP contribution is -2.44. The van der Waals surface area contributed by atoms with Crippen molar-refractivity contribution in [3.63, 3.8) is 0 Å². The summed E-state index contributed by atoms with van der Waals surface area (Å²) in [7, 11) is 5.78. The topological polar surface area (TPSA) is 57.2 Å². The molecule has 1 aliphatic carbocycles. The fourth-order valence-electron chi connectivity index (χ4n) is 3.86. The van der Waals surface area contributed by atoms with Gasteiger partial charge in [0.25, 0.3) is 0 Å². The van der Waals surface area contributed by atoms with Crippen LogP contribution in [0, 0.1) is 11.3 Å². The summed E-state index contributed by atoms with van der Waals surface area (Å²) in [5.41, 5.74) is -0.304. The highest BCUT2D eigenvalue weighted by Crippen LogP contribution is 2.39. The van der Waals surface area contributed by atoms with E-state index in [2.05, 4.69) is 24.2 Å². The first kappa shape index (κ1) is 22.5. The largest absolute Gasteiger partial charge is 0.381 e. The third-order valence-electron chi connectivity index (χ3n) is 5.20. The first-order valence-electron chi connectivity index (χ1n) is 9.27. The van der Waals surface area contributed by atoms with Crippen LogP contribution in [0.5, 0.6) is 0 Å². The van der Waals surface area contributed by atoms with E-state index in [1.807, 2.05) is 14.1 Å². The monoisotopic (exact) mass is 466 g/mol. The summed E-state index contributed by atoms with van der Waals surface area (Å²) in [6.45, 7) is 6.15. The average Bonchev–Trinajstić information content (AvgIpc) is 3.22. The molecule has 25 heavy (non-hydrogen) atoms. The van der Waals surface area contributed by atoms with Crippen LogP contribution in [-0.4, -0.2) is 75.7 Å². The third-order valence-corrected chi connectivity index (χ3v) is 5.20. The van der Waals surface area contributed by atoms with Gasteiger partial charge in [-0.05, 0) is 26.2 Å². The summed E-state index contributed by atoms with van der Waals surface area (Å²) in [6.07, 6.45) is 5.27. The minimum Gasteiger partial charge on any atom is -0.381 e. The van der Waals surface area contributed by atoms with E-state index >= 15 is 0 Å². The molecule has 2 fully saturated rings. The zero-order valence-corrected chi connectivity index (χ0v) is 18.5. The van der Waals surface area contributed by atoms with Crippen LogP contribution in [0.1, 0.15) is 39.0 Å². The molecule has 1 unspecified atom stereocenters. The molecule has 146 valence electrons. The van der Waals surface area contributed by atoms with Crippen LogP contribution in [0.25, 0.3) is 0 Å². The number of nitrogens with zero attached hydrogens (tertiary/aromatic N) is 3. The van der Waals surface area contributed by atoms with Gasteiger partial charge in [0.05, 0.1) is 18.6 Å². The van der Waals surface area contributed by atoms with E-state index < -0.39 is 0 Å². The molecular formula is C18H35IN4O2. The van der Waals surface area contributed by atoms with Gasteiger partial charge >= 0.3 is 0 Å². The first-order valence-corrected chi connectivity index (χ1v) is 9.27. The van der Waals surface area contributed by atoms with Crippen molar-refractivity contribution in [2.45, 2.75) is 39.0 Å². The van der Waals surface area contributed by atoms with E-state index in [0.717, 1.165) is 64.4 Å². The molecule has 0 spiro atoms. The summed E-state index contributed by atoms with van der Waals surface area (Å²) in [6, 6.07) is 0. The van der Waals surface area contributed by atoms with Crippen molar-refractivity contribution in [1.29, 1.82) is 0 Å². The Morgan fingerprint density at radius 2 is 1.96 bits per heavy atom. The molecule has 1 amide bonds. The second-order valence-electron chi connectivity index (χ2n) is 7.47. The molecule has 0 aromatic rings. The van der Waals surface area contributed by atoms with Gasteiger partial charge in [0.1, 0.15) is 0 Å². The summed E-state index contributed by atoms with van der Waals surface area (Å²) < 4.78 is 5.48. The van der Waals surface area contributed by atoms with Gasteiger partial charge in [-0.1, -0.05) is 12.8 Å². The van der Waals surface area contributed by atoms with Crippen LogP contribution >= 0.6 is 24.0 Å². The number of hydrogen-bond donors (Lipinski definition) is 1. The van der Waals surface area contributed by atoms with Crippen LogP contribution in [0.4, 0.5) is 0 Å². The van der Waals surface area contributed by atoms with Gasteiger partial charge < -0.3 is 19.9 Å². The van der Waals surface area contributed by atoms with Crippen molar-refractivity contribution >= 4 is 35.8 Å². The Morgan fingerprint density at radius 1 is 1.28 bits per heavy atom. The van der Waals surface area contributed by atoms with Crippen LogP contribution in [-0.2, 0) is 9.53 Å². The minimum atomic E-state index is -0.304. The van der Waals surface area contributed by atoms with Crippen LogP contribution in [0.3, 0.4) is 0 Å². The molecule has 6 nitrogen and oxygen atoms in total. The summed E-state index contributed by atoms with van der Waals surface area (Å²) in [5.74, 6) is 1.70. The predicted molar refractivity (Wildman–Crippen MR) is 113 cm³/mol. The van der Waals surface area contributed by atoms with Crippen molar-refractivity contribution in [1.82, 2.24) is 15.1 Å². The van der Waals surface area contributed by atoms with Crippen LogP contribution in [0.15, 0.2) is 4.99 Å². The van der Waals surface area contributed by atoms with Gasteiger partial charge in [-0.2, -0.15) is 0 Å². The molecule has 2 aliphatic rings. The number of aliphatic imine (C=N–C) groups is 1. The summed E-state index contributed by atoms with van der Waals surface area (Å²) >= 11 is 0. The average molecular weight is 466 g/mol. The number of carbonyl (C=O) groups is 1. The van der Waals surface area contributed by atoms with Crippen molar-refractivity contribution in [3.05, 3.63) is 0 Å². The standard InChI is InChI=1S/C18H34N4O2.HI/c1-5-19-17(22(4)12-15-8-11-24-13-15)20-14-18(9-6-7-10-18)16(23)21(2)3;/h15H,5-14H2,1-4H3,(H,19,20);1H. The van der Waals surface area contributed by atoms with Gasteiger partial charge in [0, 0.05) is 46.8 Å². The molecule has 1 saturated heterocycles. The second kappa shape index (κ2) is 10.5. The number of guanidine groups is 1. The highest BCUT2D eigenvalue weighted by atomic mass is 127. The molecule has 7 heteroatoms. The van der Waals surface area contributed by atoms with E-state index in [-0.39, 0.29) is 35.3 Å². The normalized spacial score (nSPS) is 22.4.